The van der Waals surface area contributed by atoms with Crippen molar-refractivity contribution >= 4 is 34.2 Å². The number of aromatic nitrogens is 2. The maximum absolute atomic E-state index is 12.0. The molecule has 1 aromatic carbocycles. The lowest BCUT2D eigenvalue weighted by molar-refractivity contribution is 0.0494. The number of carbonyl (C=O) groups is 1. The van der Waals surface area contributed by atoms with Crippen LogP contribution in [0.25, 0.3) is 0 Å². The molecule has 0 spiro atoms. The molecule has 8 heteroatoms. The Morgan fingerprint density at radius 3 is 2.68 bits per heavy atom. The molecule has 1 saturated heterocycles. The predicted molar refractivity (Wildman–Crippen MR) is 113 cm³/mol. The molecule has 0 bridgehead atoms. The zero-order valence-electron chi connectivity index (χ0n) is 16.7. The van der Waals surface area contributed by atoms with Crippen LogP contribution in [0.15, 0.2) is 24.3 Å². The van der Waals surface area contributed by atoms with Crippen LogP contribution in [0.3, 0.4) is 0 Å². The number of amides is 1. The molecule has 6 nitrogen and oxygen atoms in total. The van der Waals surface area contributed by atoms with E-state index in [0.717, 1.165) is 41.0 Å². The van der Waals surface area contributed by atoms with E-state index in [-0.39, 0.29) is 18.2 Å². The maximum Gasteiger partial charge on any atom is 0.407 e. The summed E-state index contributed by atoms with van der Waals surface area (Å²) >= 11 is 7.57. The second-order valence-electron chi connectivity index (χ2n) is 8.19. The molecule has 2 heterocycles. The van der Waals surface area contributed by atoms with Crippen LogP contribution < -0.4 is 10.2 Å². The van der Waals surface area contributed by atoms with E-state index in [9.17, 15) is 4.79 Å². The molecule has 1 N–H and O–H groups in total. The first-order chi connectivity index (χ1) is 13.2. The Labute approximate surface area is 175 Å². The van der Waals surface area contributed by atoms with Gasteiger partial charge in [-0.15, -0.1) is 10.2 Å². The molecule has 28 heavy (non-hydrogen) atoms. The van der Waals surface area contributed by atoms with Gasteiger partial charge >= 0.3 is 6.09 Å². The smallest absolute Gasteiger partial charge is 0.407 e. The summed E-state index contributed by atoms with van der Waals surface area (Å²) in [5.74, 6) is 0. The molecule has 0 saturated carbocycles. The molecule has 0 aliphatic carbocycles. The number of anilines is 1. The summed E-state index contributed by atoms with van der Waals surface area (Å²) in [5.41, 5.74) is 0.684. The molecular formula is C20H27ClN4O2S. The number of nitrogens with zero attached hydrogens (tertiary/aromatic N) is 3. The van der Waals surface area contributed by atoms with E-state index in [2.05, 4.69) is 27.3 Å². The van der Waals surface area contributed by atoms with Crippen molar-refractivity contribution in [3.8, 4) is 0 Å². The van der Waals surface area contributed by atoms with Crippen LogP contribution in [0.2, 0.25) is 5.02 Å². The standard InChI is InChI=1S/C20H27ClN4O2S/c1-13-11-16(22-19(26)27-20(2,3)4)9-10-25(13)18-24-23-17(28-18)12-14-5-7-15(21)8-6-14/h5-8,13,16H,9-12H2,1-4H3,(H,22,26). The van der Waals surface area contributed by atoms with Crippen LogP contribution >= 0.6 is 22.9 Å². The van der Waals surface area contributed by atoms with Crippen molar-refractivity contribution in [1.29, 1.82) is 0 Å². The largest absolute Gasteiger partial charge is 0.444 e. The summed E-state index contributed by atoms with van der Waals surface area (Å²) in [6, 6.07) is 8.19. The van der Waals surface area contributed by atoms with Crippen molar-refractivity contribution < 1.29 is 9.53 Å². The van der Waals surface area contributed by atoms with Gasteiger partial charge in [0.25, 0.3) is 0 Å². The number of benzene rings is 1. The number of ether oxygens (including phenoxy) is 1. The number of alkyl carbamates (subject to hydrolysis) is 1. The fraction of sp³-hybridized carbons (Fsp3) is 0.550. The van der Waals surface area contributed by atoms with Gasteiger partial charge in [0.2, 0.25) is 5.13 Å². The van der Waals surface area contributed by atoms with Gasteiger partial charge in [0, 0.05) is 30.1 Å². The van der Waals surface area contributed by atoms with Crippen LogP contribution in [-0.4, -0.2) is 40.5 Å². The SMILES string of the molecule is CC1CC(NC(=O)OC(C)(C)C)CCN1c1nnc(Cc2ccc(Cl)cc2)s1. The first kappa shape index (κ1) is 20.9. The van der Waals surface area contributed by atoms with Crippen LogP contribution in [-0.2, 0) is 11.2 Å². The number of piperidine rings is 1. The van der Waals surface area contributed by atoms with Gasteiger partial charge in [-0.1, -0.05) is 35.1 Å². The van der Waals surface area contributed by atoms with Gasteiger partial charge in [-0.05, 0) is 58.2 Å². The number of nitrogens with one attached hydrogen (secondary N) is 1. The summed E-state index contributed by atoms with van der Waals surface area (Å²) in [4.78, 5) is 14.3. The Kier molecular flexibility index (Phi) is 6.45. The van der Waals surface area contributed by atoms with E-state index >= 15 is 0 Å². The molecule has 1 fully saturated rings. The van der Waals surface area contributed by atoms with Crippen molar-refractivity contribution in [2.24, 2.45) is 0 Å². The summed E-state index contributed by atoms with van der Waals surface area (Å²) in [5, 5.41) is 14.4. The topological polar surface area (TPSA) is 67.3 Å². The molecule has 2 atom stereocenters. The van der Waals surface area contributed by atoms with E-state index in [1.54, 1.807) is 11.3 Å². The molecule has 0 radical (unpaired) electrons. The third-order valence-electron chi connectivity index (χ3n) is 4.57. The summed E-state index contributed by atoms with van der Waals surface area (Å²) in [6.45, 7) is 8.60. The highest BCUT2D eigenvalue weighted by molar-refractivity contribution is 7.15. The number of rotatable bonds is 4. The minimum Gasteiger partial charge on any atom is -0.444 e. The summed E-state index contributed by atoms with van der Waals surface area (Å²) in [6.07, 6.45) is 2.11. The van der Waals surface area contributed by atoms with Gasteiger partial charge in [0.05, 0.1) is 0 Å². The quantitative estimate of drug-likeness (QED) is 0.775. The van der Waals surface area contributed by atoms with E-state index in [1.165, 1.54) is 5.56 Å². The van der Waals surface area contributed by atoms with Crippen LogP contribution in [0.4, 0.5) is 9.93 Å². The van der Waals surface area contributed by atoms with Crippen molar-refractivity contribution in [3.63, 3.8) is 0 Å². The van der Waals surface area contributed by atoms with Crippen LogP contribution in [0, 0.1) is 0 Å². The predicted octanol–water partition coefficient (Wildman–Crippen LogP) is 4.66. The highest BCUT2D eigenvalue weighted by Crippen LogP contribution is 2.29. The van der Waals surface area contributed by atoms with Crippen LogP contribution in [0.1, 0.15) is 51.1 Å². The minimum absolute atomic E-state index is 0.113. The average Bonchev–Trinajstić information content (AvgIpc) is 3.03. The number of hydrogen-bond donors (Lipinski definition) is 1. The Bertz CT molecular complexity index is 803. The molecule has 1 aliphatic rings. The first-order valence-corrected chi connectivity index (χ1v) is 10.7. The fourth-order valence-electron chi connectivity index (χ4n) is 3.27. The number of carbonyl (C=O) groups excluding carboxylic acids is 1. The summed E-state index contributed by atoms with van der Waals surface area (Å²) in [7, 11) is 0. The molecular weight excluding hydrogens is 396 g/mol. The monoisotopic (exact) mass is 422 g/mol. The molecule has 152 valence electrons. The van der Waals surface area contributed by atoms with Crippen molar-refractivity contribution in [3.05, 3.63) is 39.9 Å². The Hall–Kier alpha value is -1.86. The summed E-state index contributed by atoms with van der Waals surface area (Å²) < 4.78 is 5.36. The highest BCUT2D eigenvalue weighted by atomic mass is 35.5. The lowest BCUT2D eigenvalue weighted by Crippen LogP contribution is -2.49. The maximum atomic E-state index is 12.0. The third-order valence-corrected chi connectivity index (χ3v) is 5.78. The normalized spacial score (nSPS) is 20.1. The van der Waals surface area contributed by atoms with Crippen molar-refractivity contribution in [1.82, 2.24) is 15.5 Å². The van der Waals surface area contributed by atoms with Gasteiger partial charge in [-0.2, -0.15) is 0 Å². The Balaban J connectivity index is 1.55. The Morgan fingerprint density at radius 2 is 2.04 bits per heavy atom. The second-order valence-corrected chi connectivity index (χ2v) is 9.67. The Morgan fingerprint density at radius 1 is 1.32 bits per heavy atom. The lowest BCUT2D eigenvalue weighted by atomic mass is 9.99. The highest BCUT2D eigenvalue weighted by Gasteiger charge is 2.29. The lowest BCUT2D eigenvalue weighted by Gasteiger charge is -2.37. The van der Waals surface area contributed by atoms with Gasteiger partial charge < -0.3 is 15.0 Å². The van der Waals surface area contributed by atoms with E-state index in [0.29, 0.717) is 0 Å². The zero-order chi connectivity index (χ0) is 20.3. The van der Waals surface area contributed by atoms with E-state index in [4.69, 9.17) is 16.3 Å². The van der Waals surface area contributed by atoms with Crippen LogP contribution in [0.5, 0.6) is 0 Å². The molecule has 3 rings (SSSR count). The van der Waals surface area contributed by atoms with Gasteiger partial charge in [-0.3, -0.25) is 0 Å². The fourth-order valence-corrected chi connectivity index (χ4v) is 4.40. The second kappa shape index (κ2) is 8.66. The molecule has 1 amide bonds. The van der Waals surface area contributed by atoms with Crippen molar-refractivity contribution in [2.45, 2.75) is 64.6 Å². The molecule has 1 aromatic heterocycles. The van der Waals surface area contributed by atoms with Gasteiger partial charge in [-0.25, -0.2) is 4.79 Å². The van der Waals surface area contributed by atoms with E-state index < -0.39 is 5.60 Å². The molecule has 1 aliphatic heterocycles. The third kappa shape index (κ3) is 5.82. The average molecular weight is 423 g/mol. The van der Waals surface area contributed by atoms with E-state index in [1.807, 2.05) is 45.0 Å². The zero-order valence-corrected chi connectivity index (χ0v) is 18.3. The first-order valence-electron chi connectivity index (χ1n) is 9.52. The van der Waals surface area contributed by atoms with Crippen molar-refractivity contribution in [2.75, 3.05) is 11.4 Å². The minimum atomic E-state index is -0.483. The van der Waals surface area contributed by atoms with Gasteiger partial charge in [0.1, 0.15) is 10.6 Å². The number of halogens is 1. The molecule has 2 unspecified atom stereocenters. The molecule has 2 aromatic rings. The van der Waals surface area contributed by atoms with Gasteiger partial charge in [0.15, 0.2) is 0 Å². The number of hydrogen-bond acceptors (Lipinski definition) is 6.